The van der Waals surface area contributed by atoms with E-state index in [2.05, 4.69) is 15.5 Å². The lowest BCUT2D eigenvalue weighted by molar-refractivity contribution is -0.210. The highest BCUT2D eigenvalue weighted by Gasteiger charge is 2.49. The van der Waals surface area contributed by atoms with Crippen molar-refractivity contribution < 1.29 is 28.9 Å². The Morgan fingerprint density at radius 3 is 2.74 bits per heavy atom. The Labute approximate surface area is 207 Å². The van der Waals surface area contributed by atoms with E-state index in [1.807, 2.05) is 0 Å². The van der Waals surface area contributed by atoms with Crippen LogP contribution in [0.25, 0.3) is 11.3 Å². The average Bonchev–Trinajstić information content (AvgIpc) is 3.47. The number of oxime groups is 1. The van der Waals surface area contributed by atoms with E-state index in [0.29, 0.717) is 17.7 Å². The van der Waals surface area contributed by atoms with Crippen LogP contribution in [0.5, 0.6) is 0 Å². The van der Waals surface area contributed by atoms with Crippen molar-refractivity contribution in [2.75, 3.05) is 13.7 Å². The molecule has 1 aromatic carbocycles. The largest absolute Gasteiger partial charge is 0.394 e. The van der Waals surface area contributed by atoms with Gasteiger partial charge in [0.25, 0.3) is 0 Å². The summed E-state index contributed by atoms with van der Waals surface area (Å²) in [5.74, 6) is -0.487. The topological polar surface area (TPSA) is 111 Å². The third kappa shape index (κ3) is 4.95. The second kappa shape index (κ2) is 10.1. The molecule has 3 aliphatic rings. The van der Waals surface area contributed by atoms with E-state index in [0.717, 1.165) is 37.8 Å². The summed E-state index contributed by atoms with van der Waals surface area (Å²) >= 11 is 6.00. The van der Waals surface area contributed by atoms with Gasteiger partial charge in [0.15, 0.2) is 0 Å². The van der Waals surface area contributed by atoms with E-state index in [4.69, 9.17) is 25.9 Å². The van der Waals surface area contributed by atoms with Crippen LogP contribution in [0, 0.1) is 5.82 Å². The molecule has 0 unspecified atom stereocenters. The fraction of sp³-hybridized carbons (Fsp3) is 0.625. The standard InChI is InChI=1S/C24H30ClFN4O5/c1-33-23-19(10-17-11-24(35-28-17)5-3-2-4-6-24)34-20(13-31)22(32)21(23)30-12-18(27-29-30)14-7-15(25)9-16(26)8-14/h7-9,12,19-23,31-32H,2-6,10-11,13H2,1H3/t19-,20-,21+,22+,23+/m1/s1. The average molecular weight is 509 g/mol. The predicted molar refractivity (Wildman–Crippen MR) is 126 cm³/mol. The lowest BCUT2D eigenvalue weighted by Gasteiger charge is -2.43. The van der Waals surface area contributed by atoms with Crippen molar-refractivity contribution in [1.29, 1.82) is 0 Å². The minimum absolute atomic E-state index is 0.215. The van der Waals surface area contributed by atoms with Crippen LogP contribution in [0.3, 0.4) is 0 Å². The number of aliphatic hydroxyl groups is 2. The van der Waals surface area contributed by atoms with Crippen molar-refractivity contribution >= 4 is 17.3 Å². The monoisotopic (exact) mass is 508 g/mol. The maximum absolute atomic E-state index is 13.9. The quantitative estimate of drug-likeness (QED) is 0.616. The molecule has 1 saturated carbocycles. The van der Waals surface area contributed by atoms with E-state index in [1.165, 1.54) is 23.2 Å². The first-order chi connectivity index (χ1) is 16.9. The molecule has 2 aliphatic heterocycles. The highest BCUT2D eigenvalue weighted by molar-refractivity contribution is 6.30. The summed E-state index contributed by atoms with van der Waals surface area (Å²) < 4.78 is 27.2. The molecule has 5 atom stereocenters. The molecule has 2 aromatic rings. The predicted octanol–water partition coefficient (Wildman–Crippen LogP) is 3.28. The van der Waals surface area contributed by atoms with Gasteiger partial charge < -0.3 is 24.5 Å². The number of hydrogen-bond donors (Lipinski definition) is 2. The van der Waals surface area contributed by atoms with Gasteiger partial charge in [0.1, 0.15) is 41.5 Å². The fourth-order valence-electron chi connectivity index (χ4n) is 5.59. The Kier molecular flexibility index (Phi) is 7.09. The zero-order valence-corrected chi connectivity index (χ0v) is 20.3. The number of methoxy groups -OCH3 is 1. The molecule has 190 valence electrons. The third-order valence-corrected chi connectivity index (χ3v) is 7.52. The highest BCUT2D eigenvalue weighted by atomic mass is 35.5. The van der Waals surface area contributed by atoms with Crippen LogP contribution >= 0.6 is 11.6 Å². The number of rotatable bonds is 6. The Balaban J connectivity index is 1.38. The van der Waals surface area contributed by atoms with Crippen LogP contribution < -0.4 is 0 Å². The molecule has 0 radical (unpaired) electrons. The molecule has 3 heterocycles. The van der Waals surface area contributed by atoms with Crippen molar-refractivity contribution in [3.8, 4) is 11.3 Å². The summed E-state index contributed by atoms with van der Waals surface area (Å²) in [7, 11) is 1.54. The van der Waals surface area contributed by atoms with Crippen molar-refractivity contribution in [3.63, 3.8) is 0 Å². The first-order valence-corrected chi connectivity index (χ1v) is 12.4. The van der Waals surface area contributed by atoms with Crippen LogP contribution in [0.4, 0.5) is 4.39 Å². The Bertz CT molecular complexity index is 1060. The Hall–Kier alpha value is -2.11. The summed E-state index contributed by atoms with van der Waals surface area (Å²) in [6.45, 7) is -0.376. The third-order valence-electron chi connectivity index (χ3n) is 7.31. The smallest absolute Gasteiger partial charge is 0.143 e. The summed E-state index contributed by atoms with van der Waals surface area (Å²) in [5.41, 5.74) is 1.53. The molecule has 5 rings (SSSR count). The number of aromatic nitrogens is 3. The van der Waals surface area contributed by atoms with Crippen molar-refractivity contribution in [1.82, 2.24) is 15.0 Å². The van der Waals surface area contributed by atoms with E-state index in [1.54, 1.807) is 19.4 Å². The normalized spacial score (nSPS) is 30.3. The molecule has 1 spiro atoms. The van der Waals surface area contributed by atoms with Gasteiger partial charge >= 0.3 is 0 Å². The van der Waals surface area contributed by atoms with Crippen molar-refractivity contribution in [3.05, 3.63) is 35.2 Å². The molecule has 2 N–H and O–H groups in total. The number of aliphatic hydroxyl groups excluding tert-OH is 2. The van der Waals surface area contributed by atoms with Gasteiger partial charge in [-0.25, -0.2) is 9.07 Å². The summed E-state index contributed by atoms with van der Waals surface area (Å²) in [6.07, 6.45) is 5.20. The second-order valence-corrected chi connectivity index (χ2v) is 10.1. The maximum atomic E-state index is 13.9. The summed E-state index contributed by atoms with van der Waals surface area (Å²) in [5, 5.41) is 33.9. The van der Waals surface area contributed by atoms with Crippen LogP contribution in [-0.2, 0) is 14.3 Å². The number of hydrogen-bond acceptors (Lipinski definition) is 8. The van der Waals surface area contributed by atoms with E-state index in [-0.39, 0.29) is 17.2 Å². The molecule has 35 heavy (non-hydrogen) atoms. The Morgan fingerprint density at radius 2 is 2.03 bits per heavy atom. The van der Waals surface area contributed by atoms with Crippen LogP contribution in [-0.4, -0.2) is 74.7 Å². The first kappa shape index (κ1) is 24.6. The molecule has 2 fully saturated rings. The number of halogens is 2. The number of benzene rings is 1. The molecule has 1 aromatic heterocycles. The molecular formula is C24H30ClFN4O5. The lowest BCUT2D eigenvalue weighted by atomic mass is 9.80. The lowest BCUT2D eigenvalue weighted by Crippen LogP contribution is -2.57. The number of nitrogens with zero attached hydrogens (tertiary/aromatic N) is 4. The SMILES string of the molecule is CO[C@@H]1[C@@H](n2cc(-c3cc(F)cc(Cl)c3)nn2)[C@@H](O)[C@@H](CO)O[C@@H]1CC1=NOC2(CCCCC2)C1. The minimum atomic E-state index is -1.11. The summed E-state index contributed by atoms with van der Waals surface area (Å²) in [6, 6.07) is 3.41. The number of ether oxygens (including phenoxy) is 2. The van der Waals surface area contributed by atoms with Gasteiger partial charge in [-0.15, -0.1) is 5.10 Å². The van der Waals surface area contributed by atoms with Crippen molar-refractivity contribution in [2.24, 2.45) is 5.16 Å². The van der Waals surface area contributed by atoms with Crippen LogP contribution in [0.2, 0.25) is 5.02 Å². The van der Waals surface area contributed by atoms with Gasteiger partial charge in [0, 0.05) is 30.5 Å². The molecular weight excluding hydrogens is 479 g/mol. The molecule has 1 aliphatic carbocycles. The van der Waals surface area contributed by atoms with Gasteiger partial charge in [-0.1, -0.05) is 28.4 Å². The highest BCUT2D eigenvalue weighted by Crippen LogP contribution is 2.41. The van der Waals surface area contributed by atoms with E-state index in [9.17, 15) is 14.6 Å². The van der Waals surface area contributed by atoms with Gasteiger partial charge in [-0.2, -0.15) is 0 Å². The van der Waals surface area contributed by atoms with E-state index < -0.39 is 36.3 Å². The fourth-order valence-corrected chi connectivity index (χ4v) is 5.81. The van der Waals surface area contributed by atoms with Gasteiger partial charge in [-0.05, 0) is 43.9 Å². The zero-order chi connectivity index (χ0) is 24.6. The van der Waals surface area contributed by atoms with Gasteiger partial charge in [-0.3, -0.25) is 0 Å². The van der Waals surface area contributed by atoms with Crippen molar-refractivity contribution in [2.45, 2.75) is 81.0 Å². The van der Waals surface area contributed by atoms with Gasteiger partial charge in [0.05, 0.1) is 24.6 Å². The maximum Gasteiger partial charge on any atom is 0.143 e. The zero-order valence-electron chi connectivity index (χ0n) is 19.5. The van der Waals surface area contributed by atoms with Crippen LogP contribution in [0.1, 0.15) is 51.0 Å². The molecule has 0 amide bonds. The molecule has 0 bridgehead atoms. The minimum Gasteiger partial charge on any atom is -0.394 e. The second-order valence-electron chi connectivity index (χ2n) is 9.69. The molecule has 9 nitrogen and oxygen atoms in total. The molecule has 1 saturated heterocycles. The van der Waals surface area contributed by atoms with E-state index >= 15 is 0 Å². The molecule has 11 heteroatoms. The Morgan fingerprint density at radius 1 is 1.23 bits per heavy atom. The first-order valence-electron chi connectivity index (χ1n) is 12.0. The van der Waals surface area contributed by atoms with Crippen LogP contribution in [0.15, 0.2) is 29.6 Å². The van der Waals surface area contributed by atoms with Gasteiger partial charge in [0.2, 0.25) is 0 Å². The summed E-state index contributed by atoms with van der Waals surface area (Å²) in [4.78, 5) is 5.89.